The molecule has 3 heterocycles. The summed E-state index contributed by atoms with van der Waals surface area (Å²) in [6.45, 7) is 9.81. The van der Waals surface area contributed by atoms with E-state index in [-0.39, 0.29) is 11.9 Å². The molecule has 1 N–H and O–H groups in total. The highest BCUT2D eigenvalue weighted by Crippen LogP contribution is 2.26. The van der Waals surface area contributed by atoms with Gasteiger partial charge < -0.3 is 14.8 Å². The molecule has 8 heteroatoms. The molecule has 0 radical (unpaired) electrons. The molecular formula is C26H35N5O3. The SMILES string of the molecule is COc1ccc(C(CNC(=O)CCc2c(C)nc3c(c(C)nn3C)c2C)N2CCOCC2)cc1. The second kappa shape index (κ2) is 10.5. The number of ether oxygens (including phenoxy) is 2. The lowest BCUT2D eigenvalue weighted by atomic mass is 9.99. The number of hydrogen-bond acceptors (Lipinski definition) is 6. The summed E-state index contributed by atoms with van der Waals surface area (Å²) in [5.74, 6) is 0.877. The van der Waals surface area contributed by atoms with E-state index >= 15 is 0 Å². The summed E-state index contributed by atoms with van der Waals surface area (Å²) in [5, 5.41) is 8.79. The van der Waals surface area contributed by atoms with Gasteiger partial charge in [-0.05, 0) is 56.0 Å². The molecule has 0 saturated carbocycles. The molecular weight excluding hydrogens is 430 g/mol. The minimum absolute atomic E-state index is 0.0496. The van der Waals surface area contributed by atoms with Crippen molar-refractivity contribution in [3.05, 3.63) is 52.3 Å². The van der Waals surface area contributed by atoms with Crippen LogP contribution in [0.3, 0.4) is 0 Å². The van der Waals surface area contributed by atoms with Gasteiger partial charge in [-0.25, -0.2) is 4.98 Å². The highest BCUT2D eigenvalue weighted by molar-refractivity contribution is 5.84. The van der Waals surface area contributed by atoms with Gasteiger partial charge in [-0.1, -0.05) is 12.1 Å². The van der Waals surface area contributed by atoms with Crippen LogP contribution in [0.4, 0.5) is 0 Å². The number of rotatable bonds is 8. The van der Waals surface area contributed by atoms with Crippen molar-refractivity contribution >= 4 is 16.9 Å². The Kier molecular flexibility index (Phi) is 7.48. The fourth-order valence-corrected chi connectivity index (χ4v) is 4.94. The number of hydrogen-bond donors (Lipinski definition) is 1. The van der Waals surface area contributed by atoms with Crippen LogP contribution in [0.2, 0.25) is 0 Å². The van der Waals surface area contributed by atoms with Crippen LogP contribution in [0.25, 0.3) is 11.0 Å². The van der Waals surface area contributed by atoms with Crippen LogP contribution in [0.5, 0.6) is 5.75 Å². The Balaban J connectivity index is 1.43. The molecule has 34 heavy (non-hydrogen) atoms. The Morgan fingerprint density at radius 1 is 1.15 bits per heavy atom. The normalized spacial score (nSPS) is 15.4. The average molecular weight is 466 g/mol. The van der Waals surface area contributed by atoms with Gasteiger partial charge in [-0.3, -0.25) is 14.4 Å². The molecule has 1 aliphatic rings. The van der Waals surface area contributed by atoms with Crippen molar-refractivity contribution in [3.8, 4) is 5.75 Å². The lowest BCUT2D eigenvalue weighted by Crippen LogP contribution is -2.43. The van der Waals surface area contributed by atoms with Crippen molar-refractivity contribution in [2.75, 3.05) is 40.0 Å². The first-order valence-corrected chi connectivity index (χ1v) is 11.9. The molecule has 8 nitrogen and oxygen atoms in total. The number of aromatic nitrogens is 3. The van der Waals surface area contributed by atoms with Crippen molar-refractivity contribution in [2.45, 2.75) is 39.7 Å². The van der Waals surface area contributed by atoms with E-state index in [0.29, 0.717) is 32.6 Å². The molecule has 3 aromatic rings. The second-order valence-corrected chi connectivity index (χ2v) is 8.95. The molecule has 2 aromatic heterocycles. The van der Waals surface area contributed by atoms with Crippen LogP contribution in [-0.4, -0.2) is 65.5 Å². The number of nitrogens with zero attached hydrogens (tertiary/aromatic N) is 4. The van der Waals surface area contributed by atoms with Crippen LogP contribution >= 0.6 is 0 Å². The molecule has 0 bridgehead atoms. The minimum atomic E-state index is 0.0496. The Hall–Kier alpha value is -2.97. The van der Waals surface area contributed by atoms with Gasteiger partial charge in [0, 0.05) is 44.2 Å². The zero-order chi connectivity index (χ0) is 24.2. The van der Waals surface area contributed by atoms with E-state index in [0.717, 1.165) is 52.4 Å². The highest BCUT2D eigenvalue weighted by atomic mass is 16.5. The lowest BCUT2D eigenvalue weighted by molar-refractivity contribution is -0.121. The molecule has 1 fully saturated rings. The van der Waals surface area contributed by atoms with Crippen LogP contribution in [0.15, 0.2) is 24.3 Å². The van der Waals surface area contributed by atoms with E-state index in [9.17, 15) is 4.79 Å². The number of methoxy groups -OCH3 is 1. The first kappa shape index (κ1) is 24.2. The van der Waals surface area contributed by atoms with Crippen LogP contribution in [0.1, 0.15) is 40.5 Å². The van der Waals surface area contributed by atoms with Crippen molar-refractivity contribution in [1.29, 1.82) is 0 Å². The summed E-state index contributed by atoms with van der Waals surface area (Å²) in [4.78, 5) is 20.0. The third-order valence-electron chi connectivity index (χ3n) is 6.81. The molecule has 1 atom stereocenters. The zero-order valence-corrected chi connectivity index (χ0v) is 20.9. The fourth-order valence-electron chi connectivity index (χ4n) is 4.94. The third-order valence-corrected chi connectivity index (χ3v) is 6.81. The molecule has 1 aromatic carbocycles. The molecule has 1 amide bonds. The van der Waals surface area contributed by atoms with Crippen molar-refractivity contribution in [1.82, 2.24) is 25.0 Å². The summed E-state index contributed by atoms with van der Waals surface area (Å²) in [6, 6.07) is 8.20. The van der Waals surface area contributed by atoms with Gasteiger partial charge in [-0.15, -0.1) is 0 Å². The molecule has 0 spiro atoms. The van der Waals surface area contributed by atoms with E-state index in [1.165, 1.54) is 5.56 Å². The molecule has 1 unspecified atom stereocenters. The quantitative estimate of drug-likeness (QED) is 0.551. The summed E-state index contributed by atoms with van der Waals surface area (Å²) in [5.41, 5.74) is 6.31. The molecule has 0 aliphatic carbocycles. The van der Waals surface area contributed by atoms with Crippen LogP contribution in [-0.2, 0) is 23.0 Å². The number of carbonyl (C=O) groups is 1. The Morgan fingerprint density at radius 3 is 2.53 bits per heavy atom. The first-order chi connectivity index (χ1) is 16.4. The number of nitrogens with one attached hydrogen (secondary N) is 1. The summed E-state index contributed by atoms with van der Waals surface area (Å²) >= 11 is 0. The number of fused-ring (bicyclic) bond motifs is 1. The minimum Gasteiger partial charge on any atom is -0.497 e. The van der Waals surface area contributed by atoms with E-state index in [1.54, 1.807) is 7.11 Å². The van der Waals surface area contributed by atoms with Crippen molar-refractivity contribution in [2.24, 2.45) is 7.05 Å². The van der Waals surface area contributed by atoms with E-state index in [4.69, 9.17) is 14.5 Å². The van der Waals surface area contributed by atoms with Crippen molar-refractivity contribution in [3.63, 3.8) is 0 Å². The number of morpholine rings is 1. The van der Waals surface area contributed by atoms with Gasteiger partial charge in [0.2, 0.25) is 5.91 Å². The molecule has 182 valence electrons. The first-order valence-electron chi connectivity index (χ1n) is 11.9. The predicted molar refractivity (Wildman–Crippen MR) is 132 cm³/mol. The van der Waals surface area contributed by atoms with Crippen LogP contribution < -0.4 is 10.1 Å². The maximum Gasteiger partial charge on any atom is 0.220 e. The van der Waals surface area contributed by atoms with Crippen molar-refractivity contribution < 1.29 is 14.3 Å². The largest absolute Gasteiger partial charge is 0.497 e. The fraction of sp³-hybridized carbons (Fsp3) is 0.500. The number of carbonyl (C=O) groups excluding carboxylic acids is 1. The summed E-state index contributed by atoms with van der Waals surface area (Å²) in [6.07, 6.45) is 1.08. The van der Waals surface area contributed by atoms with Gasteiger partial charge in [0.05, 0.1) is 32.1 Å². The Labute approximate surface area is 201 Å². The number of benzene rings is 1. The highest BCUT2D eigenvalue weighted by Gasteiger charge is 2.23. The van der Waals surface area contributed by atoms with E-state index in [1.807, 2.05) is 37.7 Å². The standard InChI is InChI=1S/C26H35N5O3/c1-17-22(18(2)28-26-25(17)19(3)29-30(26)4)10-11-24(32)27-16-23(31-12-14-34-15-13-31)20-6-8-21(33-5)9-7-20/h6-9,23H,10-16H2,1-5H3,(H,27,32). The number of amides is 1. The Morgan fingerprint density at radius 2 is 1.85 bits per heavy atom. The molecule has 4 rings (SSSR count). The maximum absolute atomic E-state index is 12.9. The maximum atomic E-state index is 12.9. The van der Waals surface area contributed by atoms with Gasteiger partial charge in [-0.2, -0.15) is 5.10 Å². The predicted octanol–water partition coefficient (Wildman–Crippen LogP) is 3.02. The van der Waals surface area contributed by atoms with Gasteiger partial charge in [0.1, 0.15) is 5.75 Å². The van der Waals surface area contributed by atoms with E-state index in [2.05, 4.69) is 34.4 Å². The second-order valence-electron chi connectivity index (χ2n) is 8.95. The zero-order valence-electron chi connectivity index (χ0n) is 20.9. The van der Waals surface area contributed by atoms with Gasteiger partial charge >= 0.3 is 0 Å². The summed E-state index contributed by atoms with van der Waals surface area (Å²) in [7, 11) is 3.59. The average Bonchev–Trinajstić information content (AvgIpc) is 3.13. The topological polar surface area (TPSA) is 81.5 Å². The lowest BCUT2D eigenvalue weighted by Gasteiger charge is -2.35. The molecule has 1 aliphatic heterocycles. The monoisotopic (exact) mass is 465 g/mol. The van der Waals surface area contributed by atoms with Gasteiger partial charge in [0.25, 0.3) is 0 Å². The number of aryl methyl sites for hydroxylation is 4. The van der Waals surface area contributed by atoms with E-state index < -0.39 is 0 Å². The van der Waals surface area contributed by atoms with Gasteiger partial charge in [0.15, 0.2) is 5.65 Å². The molecule has 1 saturated heterocycles. The summed E-state index contributed by atoms with van der Waals surface area (Å²) < 4.78 is 12.7. The van der Waals surface area contributed by atoms with Crippen LogP contribution in [0, 0.1) is 20.8 Å². The number of pyridine rings is 1. The Bertz CT molecular complexity index is 1150. The smallest absolute Gasteiger partial charge is 0.220 e. The third kappa shape index (κ3) is 5.08.